The van der Waals surface area contributed by atoms with Crippen LogP contribution < -0.4 is 0 Å². The maximum atomic E-state index is 12.7. The van der Waals surface area contributed by atoms with E-state index < -0.39 is 5.41 Å². The monoisotopic (exact) mass is 363 g/mol. The number of phenols is 1. The second-order valence-corrected chi connectivity index (χ2v) is 6.87. The van der Waals surface area contributed by atoms with Crippen molar-refractivity contribution in [3.63, 3.8) is 0 Å². The van der Waals surface area contributed by atoms with Crippen molar-refractivity contribution in [2.75, 3.05) is 6.61 Å². The summed E-state index contributed by atoms with van der Waals surface area (Å²) in [6, 6.07) is 16.6. The molecule has 2 aromatic carbocycles. The third-order valence-electron chi connectivity index (χ3n) is 4.91. The van der Waals surface area contributed by atoms with Crippen molar-refractivity contribution >= 4 is 5.97 Å². The van der Waals surface area contributed by atoms with Gasteiger partial charge >= 0.3 is 5.97 Å². The van der Waals surface area contributed by atoms with E-state index in [1.54, 1.807) is 24.3 Å². The van der Waals surface area contributed by atoms with Crippen molar-refractivity contribution in [2.24, 2.45) is 0 Å². The van der Waals surface area contributed by atoms with Gasteiger partial charge < -0.3 is 14.4 Å². The average molecular weight is 363 g/mol. The van der Waals surface area contributed by atoms with Gasteiger partial charge in [0.1, 0.15) is 16.9 Å². The first kappa shape index (κ1) is 17.3. The Labute approximate surface area is 157 Å². The van der Waals surface area contributed by atoms with Gasteiger partial charge in [0.25, 0.3) is 0 Å². The summed E-state index contributed by atoms with van der Waals surface area (Å²) in [6.07, 6.45) is 2.17. The van der Waals surface area contributed by atoms with Gasteiger partial charge in [-0.05, 0) is 49.1 Å². The standard InChI is InChI=1S/C22H21NO4/c1-2-14-26-21(25)22(12-13-22)20-18(15-6-4-3-5-7-15)19(23-27-20)16-8-10-17(24)11-9-16/h3-11,24H,2,12-14H2,1H3. The molecule has 1 heterocycles. The molecule has 0 amide bonds. The van der Waals surface area contributed by atoms with Crippen LogP contribution in [0.1, 0.15) is 31.9 Å². The third-order valence-corrected chi connectivity index (χ3v) is 4.91. The molecule has 0 saturated heterocycles. The number of carbonyl (C=O) groups excluding carboxylic acids is 1. The Morgan fingerprint density at radius 1 is 1.11 bits per heavy atom. The van der Waals surface area contributed by atoms with Crippen LogP contribution in [-0.2, 0) is 14.9 Å². The molecule has 5 heteroatoms. The smallest absolute Gasteiger partial charge is 0.319 e. The van der Waals surface area contributed by atoms with Gasteiger partial charge in [0, 0.05) is 5.56 Å². The van der Waals surface area contributed by atoms with Gasteiger partial charge in [-0.1, -0.05) is 42.4 Å². The number of esters is 1. The molecule has 1 aromatic heterocycles. The predicted octanol–water partition coefficient (Wildman–Crippen LogP) is 4.70. The minimum atomic E-state index is -0.748. The van der Waals surface area contributed by atoms with E-state index in [2.05, 4.69) is 5.16 Å². The van der Waals surface area contributed by atoms with Gasteiger partial charge in [0.05, 0.1) is 12.2 Å². The van der Waals surface area contributed by atoms with Crippen LogP contribution in [-0.4, -0.2) is 22.8 Å². The summed E-state index contributed by atoms with van der Waals surface area (Å²) in [5, 5.41) is 13.9. The first-order chi connectivity index (χ1) is 13.2. The Balaban J connectivity index is 1.84. The predicted molar refractivity (Wildman–Crippen MR) is 101 cm³/mol. The molecule has 0 atom stereocenters. The van der Waals surface area contributed by atoms with E-state index in [1.807, 2.05) is 37.3 Å². The first-order valence-electron chi connectivity index (χ1n) is 9.18. The molecule has 1 aliphatic rings. The number of benzene rings is 2. The number of phenolic OH excluding ortho intramolecular Hbond substituents is 1. The van der Waals surface area contributed by atoms with Gasteiger partial charge in [0.2, 0.25) is 0 Å². The number of hydrogen-bond acceptors (Lipinski definition) is 5. The average Bonchev–Trinajstić information content (AvgIpc) is 3.39. The van der Waals surface area contributed by atoms with Crippen LogP contribution in [0.15, 0.2) is 59.1 Å². The molecule has 3 aromatic rings. The van der Waals surface area contributed by atoms with Crippen LogP contribution in [0.2, 0.25) is 0 Å². The Hall–Kier alpha value is -3.08. The number of hydrogen-bond donors (Lipinski definition) is 1. The summed E-state index contributed by atoms with van der Waals surface area (Å²) in [4.78, 5) is 12.7. The van der Waals surface area contributed by atoms with Crippen molar-refractivity contribution in [3.05, 3.63) is 60.4 Å². The second-order valence-electron chi connectivity index (χ2n) is 6.87. The fourth-order valence-corrected chi connectivity index (χ4v) is 3.29. The summed E-state index contributed by atoms with van der Waals surface area (Å²) < 4.78 is 11.2. The van der Waals surface area contributed by atoms with Crippen molar-refractivity contribution < 1.29 is 19.2 Å². The Morgan fingerprint density at radius 2 is 1.81 bits per heavy atom. The molecule has 1 aliphatic carbocycles. The van der Waals surface area contributed by atoms with Crippen LogP contribution >= 0.6 is 0 Å². The van der Waals surface area contributed by atoms with Gasteiger partial charge in [-0.15, -0.1) is 0 Å². The molecule has 4 rings (SSSR count). The van der Waals surface area contributed by atoms with Gasteiger partial charge in [0.15, 0.2) is 5.76 Å². The maximum Gasteiger partial charge on any atom is 0.319 e. The summed E-state index contributed by atoms with van der Waals surface area (Å²) >= 11 is 0. The van der Waals surface area contributed by atoms with Crippen LogP contribution in [0.25, 0.3) is 22.4 Å². The molecule has 0 spiro atoms. The topological polar surface area (TPSA) is 72.6 Å². The van der Waals surface area contributed by atoms with Crippen LogP contribution in [0.4, 0.5) is 0 Å². The number of aromatic hydroxyl groups is 1. The van der Waals surface area contributed by atoms with E-state index in [-0.39, 0.29) is 11.7 Å². The lowest BCUT2D eigenvalue weighted by Crippen LogP contribution is -2.23. The molecule has 138 valence electrons. The molecule has 0 bridgehead atoms. The largest absolute Gasteiger partial charge is 0.508 e. The highest BCUT2D eigenvalue weighted by atomic mass is 16.5. The van der Waals surface area contributed by atoms with E-state index in [9.17, 15) is 9.90 Å². The zero-order valence-electron chi connectivity index (χ0n) is 15.1. The Bertz CT molecular complexity index is 940. The molecule has 5 nitrogen and oxygen atoms in total. The Kier molecular flexibility index (Phi) is 4.44. The molecule has 1 fully saturated rings. The van der Waals surface area contributed by atoms with Crippen molar-refractivity contribution in [1.29, 1.82) is 0 Å². The molecule has 0 unspecified atom stereocenters. The third kappa shape index (κ3) is 3.10. The van der Waals surface area contributed by atoms with E-state index in [4.69, 9.17) is 9.26 Å². The highest BCUT2D eigenvalue weighted by molar-refractivity contribution is 5.92. The molecule has 1 N–H and O–H groups in total. The molecular weight excluding hydrogens is 342 g/mol. The molecular formula is C22H21NO4. The summed E-state index contributed by atoms with van der Waals surface area (Å²) in [5.41, 5.74) is 2.48. The minimum Gasteiger partial charge on any atom is -0.508 e. The number of rotatable bonds is 6. The van der Waals surface area contributed by atoms with Gasteiger partial charge in [-0.25, -0.2) is 0 Å². The lowest BCUT2D eigenvalue weighted by atomic mass is 9.92. The fourth-order valence-electron chi connectivity index (χ4n) is 3.29. The summed E-state index contributed by atoms with van der Waals surface area (Å²) in [7, 11) is 0. The number of carbonyl (C=O) groups is 1. The molecule has 27 heavy (non-hydrogen) atoms. The second kappa shape index (κ2) is 6.91. The quantitative estimate of drug-likeness (QED) is 0.643. The van der Waals surface area contributed by atoms with Crippen LogP contribution in [0.3, 0.4) is 0 Å². The van der Waals surface area contributed by atoms with E-state index in [0.717, 1.165) is 23.1 Å². The fraction of sp³-hybridized carbons (Fsp3) is 0.273. The normalized spacial score (nSPS) is 14.7. The van der Waals surface area contributed by atoms with E-state index in [1.165, 1.54) is 0 Å². The first-order valence-corrected chi connectivity index (χ1v) is 9.18. The number of nitrogens with zero attached hydrogens (tertiary/aromatic N) is 1. The van der Waals surface area contributed by atoms with E-state index in [0.29, 0.717) is 30.9 Å². The lowest BCUT2D eigenvalue weighted by Gasteiger charge is -2.13. The van der Waals surface area contributed by atoms with Gasteiger partial charge in [-0.3, -0.25) is 4.79 Å². The Morgan fingerprint density at radius 3 is 2.44 bits per heavy atom. The van der Waals surface area contributed by atoms with E-state index >= 15 is 0 Å². The van der Waals surface area contributed by atoms with Crippen molar-refractivity contribution in [2.45, 2.75) is 31.6 Å². The highest BCUT2D eigenvalue weighted by Crippen LogP contribution is 2.54. The lowest BCUT2D eigenvalue weighted by molar-refractivity contribution is -0.147. The number of ether oxygens (including phenoxy) is 1. The zero-order valence-corrected chi connectivity index (χ0v) is 15.1. The zero-order chi connectivity index (χ0) is 18.9. The molecule has 1 saturated carbocycles. The van der Waals surface area contributed by atoms with Crippen molar-refractivity contribution in [1.82, 2.24) is 5.16 Å². The van der Waals surface area contributed by atoms with Crippen LogP contribution in [0.5, 0.6) is 5.75 Å². The summed E-state index contributed by atoms with van der Waals surface area (Å²) in [5.74, 6) is 0.512. The molecule has 0 radical (unpaired) electrons. The van der Waals surface area contributed by atoms with Crippen molar-refractivity contribution in [3.8, 4) is 28.1 Å². The van der Waals surface area contributed by atoms with Crippen LogP contribution in [0, 0.1) is 0 Å². The minimum absolute atomic E-state index is 0.186. The number of aromatic nitrogens is 1. The molecule has 0 aliphatic heterocycles. The SMILES string of the molecule is CCCOC(=O)C1(c2onc(-c3ccc(O)cc3)c2-c2ccccc2)CC1. The van der Waals surface area contributed by atoms with Gasteiger partial charge in [-0.2, -0.15) is 0 Å². The highest BCUT2D eigenvalue weighted by Gasteiger charge is 2.57. The maximum absolute atomic E-state index is 12.7. The summed E-state index contributed by atoms with van der Waals surface area (Å²) in [6.45, 7) is 2.37.